The molecule has 1 aromatic rings. The van der Waals surface area contributed by atoms with E-state index in [2.05, 4.69) is 12.0 Å². The molecule has 0 aliphatic heterocycles. The highest BCUT2D eigenvalue weighted by Crippen LogP contribution is 2.07. The number of unbranched alkanes of at least 4 members (excludes halogenated alkanes) is 3. The number of methoxy groups -OCH3 is 1. The van der Waals surface area contributed by atoms with Crippen molar-refractivity contribution in [2.24, 2.45) is 0 Å². The number of aryl methyl sites for hydroxylation is 1. The summed E-state index contributed by atoms with van der Waals surface area (Å²) in [5, 5.41) is 4.33. The van der Waals surface area contributed by atoms with Crippen molar-refractivity contribution in [3.05, 3.63) is 17.5 Å². The maximum atomic E-state index is 10.8. The molecule has 0 bridgehead atoms. The summed E-state index contributed by atoms with van der Waals surface area (Å²) >= 11 is 0. The minimum atomic E-state index is 0.399. The zero-order valence-corrected chi connectivity index (χ0v) is 10.1. The average Bonchev–Trinajstić information content (AvgIpc) is 2.68. The van der Waals surface area contributed by atoms with E-state index in [1.54, 1.807) is 13.3 Å². The largest absolute Gasteiger partial charge is 0.378 e. The second kappa shape index (κ2) is 7.17. The van der Waals surface area contributed by atoms with Crippen molar-refractivity contribution in [1.82, 2.24) is 9.78 Å². The minimum absolute atomic E-state index is 0.399. The molecule has 0 amide bonds. The Balaban J connectivity index is 2.50. The molecule has 1 aromatic heterocycles. The van der Waals surface area contributed by atoms with Gasteiger partial charge in [-0.25, -0.2) is 0 Å². The summed E-state index contributed by atoms with van der Waals surface area (Å²) in [6.45, 7) is 3.47. The fraction of sp³-hybridized carbons (Fsp3) is 0.667. The van der Waals surface area contributed by atoms with Crippen molar-refractivity contribution in [1.29, 1.82) is 0 Å². The lowest BCUT2D eigenvalue weighted by molar-refractivity contribution is 0.111. The van der Waals surface area contributed by atoms with E-state index in [1.165, 1.54) is 19.3 Å². The third-order valence-electron chi connectivity index (χ3n) is 2.52. The molecule has 0 aliphatic carbocycles. The van der Waals surface area contributed by atoms with Gasteiger partial charge in [0.1, 0.15) is 0 Å². The van der Waals surface area contributed by atoms with Crippen LogP contribution in [-0.2, 0) is 17.9 Å². The molecule has 0 unspecified atom stereocenters. The van der Waals surface area contributed by atoms with Crippen LogP contribution in [0.3, 0.4) is 0 Å². The monoisotopic (exact) mass is 224 g/mol. The van der Waals surface area contributed by atoms with E-state index in [-0.39, 0.29) is 0 Å². The predicted octanol–water partition coefficient (Wildman–Crippen LogP) is 2.42. The minimum Gasteiger partial charge on any atom is -0.378 e. The van der Waals surface area contributed by atoms with Gasteiger partial charge in [-0.2, -0.15) is 5.10 Å². The highest BCUT2D eigenvalue weighted by molar-refractivity contribution is 5.75. The van der Waals surface area contributed by atoms with E-state index in [4.69, 9.17) is 4.74 Å². The predicted molar refractivity (Wildman–Crippen MR) is 62.5 cm³/mol. The van der Waals surface area contributed by atoms with Crippen molar-refractivity contribution in [2.45, 2.75) is 45.8 Å². The van der Waals surface area contributed by atoms with E-state index in [1.807, 2.05) is 4.68 Å². The molecule has 0 N–H and O–H groups in total. The first-order chi connectivity index (χ1) is 7.81. The molecule has 0 fully saturated rings. The molecule has 0 aromatic carbocycles. The first-order valence-corrected chi connectivity index (χ1v) is 5.82. The number of carbonyl (C=O) groups is 1. The van der Waals surface area contributed by atoms with E-state index < -0.39 is 0 Å². The van der Waals surface area contributed by atoms with Crippen LogP contribution in [0.5, 0.6) is 0 Å². The van der Waals surface area contributed by atoms with Gasteiger partial charge in [0, 0.05) is 19.9 Å². The Kier molecular flexibility index (Phi) is 5.78. The van der Waals surface area contributed by atoms with Gasteiger partial charge in [-0.15, -0.1) is 0 Å². The van der Waals surface area contributed by atoms with Gasteiger partial charge in [0.2, 0.25) is 0 Å². The normalized spacial score (nSPS) is 10.6. The molecule has 1 rings (SSSR count). The Hall–Kier alpha value is -1.16. The molecular weight excluding hydrogens is 204 g/mol. The third kappa shape index (κ3) is 3.77. The van der Waals surface area contributed by atoms with Crippen LogP contribution in [0.2, 0.25) is 0 Å². The van der Waals surface area contributed by atoms with Crippen LogP contribution in [0.4, 0.5) is 0 Å². The summed E-state index contributed by atoms with van der Waals surface area (Å²) in [7, 11) is 1.61. The molecule has 4 nitrogen and oxygen atoms in total. The zero-order chi connectivity index (χ0) is 11.8. The maximum Gasteiger partial charge on any atom is 0.153 e. The van der Waals surface area contributed by atoms with Crippen LogP contribution in [0, 0.1) is 0 Å². The molecule has 1 heterocycles. The number of ether oxygens (including phenoxy) is 1. The molecule has 0 saturated heterocycles. The van der Waals surface area contributed by atoms with Crippen molar-refractivity contribution in [3.8, 4) is 0 Å². The Morgan fingerprint density at radius 2 is 2.25 bits per heavy atom. The van der Waals surface area contributed by atoms with Crippen LogP contribution in [-0.4, -0.2) is 23.2 Å². The second-order valence-corrected chi connectivity index (χ2v) is 3.91. The SMILES string of the molecule is CCCCCCn1cc(C=O)c(COC)n1. The van der Waals surface area contributed by atoms with Gasteiger partial charge >= 0.3 is 0 Å². The molecule has 0 saturated carbocycles. The number of nitrogens with zero attached hydrogens (tertiary/aromatic N) is 2. The Labute approximate surface area is 96.6 Å². The first kappa shape index (κ1) is 12.9. The Morgan fingerprint density at radius 1 is 1.44 bits per heavy atom. The van der Waals surface area contributed by atoms with Crippen molar-refractivity contribution in [2.75, 3.05) is 7.11 Å². The lowest BCUT2D eigenvalue weighted by Crippen LogP contribution is -2.00. The van der Waals surface area contributed by atoms with Crippen molar-refractivity contribution >= 4 is 6.29 Å². The Morgan fingerprint density at radius 3 is 2.88 bits per heavy atom. The second-order valence-electron chi connectivity index (χ2n) is 3.91. The number of rotatable bonds is 8. The highest BCUT2D eigenvalue weighted by Gasteiger charge is 2.07. The zero-order valence-electron chi connectivity index (χ0n) is 10.1. The number of aldehydes is 1. The molecule has 90 valence electrons. The summed E-state index contributed by atoms with van der Waals surface area (Å²) in [5.74, 6) is 0. The van der Waals surface area contributed by atoms with Crippen LogP contribution in [0.1, 0.15) is 48.7 Å². The smallest absolute Gasteiger partial charge is 0.153 e. The van der Waals surface area contributed by atoms with Gasteiger partial charge in [-0.1, -0.05) is 26.2 Å². The molecular formula is C12H20N2O2. The summed E-state index contributed by atoms with van der Waals surface area (Å²) in [4.78, 5) is 10.8. The molecule has 16 heavy (non-hydrogen) atoms. The van der Waals surface area contributed by atoms with Gasteiger partial charge in [0.15, 0.2) is 6.29 Å². The molecule has 0 aliphatic rings. The van der Waals surface area contributed by atoms with Crippen LogP contribution < -0.4 is 0 Å². The van der Waals surface area contributed by atoms with E-state index in [0.717, 1.165) is 24.9 Å². The molecule has 4 heteroatoms. The van der Waals surface area contributed by atoms with Gasteiger partial charge in [0.25, 0.3) is 0 Å². The van der Waals surface area contributed by atoms with Gasteiger partial charge in [-0.3, -0.25) is 9.48 Å². The summed E-state index contributed by atoms with van der Waals surface area (Å²) in [5.41, 5.74) is 1.37. The average molecular weight is 224 g/mol. The molecule has 0 atom stereocenters. The fourth-order valence-corrected chi connectivity index (χ4v) is 1.64. The summed E-state index contributed by atoms with van der Waals surface area (Å²) < 4.78 is 6.83. The standard InChI is InChI=1S/C12H20N2O2/c1-3-4-5-6-7-14-8-11(9-15)12(13-14)10-16-2/h8-9H,3-7,10H2,1-2H3. The van der Waals surface area contributed by atoms with E-state index in [9.17, 15) is 4.79 Å². The molecule has 0 radical (unpaired) electrons. The summed E-state index contributed by atoms with van der Waals surface area (Å²) in [6.07, 6.45) is 7.45. The number of hydrogen-bond acceptors (Lipinski definition) is 3. The van der Waals surface area contributed by atoms with Gasteiger partial charge in [0.05, 0.1) is 17.9 Å². The van der Waals surface area contributed by atoms with Crippen LogP contribution in [0.15, 0.2) is 6.20 Å². The lowest BCUT2D eigenvalue weighted by Gasteiger charge is -2.00. The van der Waals surface area contributed by atoms with Crippen molar-refractivity contribution < 1.29 is 9.53 Å². The highest BCUT2D eigenvalue weighted by atomic mass is 16.5. The number of carbonyl (C=O) groups excluding carboxylic acids is 1. The quantitative estimate of drug-likeness (QED) is 0.503. The number of aromatic nitrogens is 2. The van der Waals surface area contributed by atoms with Gasteiger partial charge in [-0.05, 0) is 6.42 Å². The van der Waals surface area contributed by atoms with Crippen molar-refractivity contribution in [3.63, 3.8) is 0 Å². The Bertz CT molecular complexity index is 321. The van der Waals surface area contributed by atoms with Crippen LogP contribution in [0.25, 0.3) is 0 Å². The van der Waals surface area contributed by atoms with Crippen LogP contribution >= 0.6 is 0 Å². The summed E-state index contributed by atoms with van der Waals surface area (Å²) in [6, 6.07) is 0. The van der Waals surface area contributed by atoms with Gasteiger partial charge < -0.3 is 4.74 Å². The fourth-order valence-electron chi connectivity index (χ4n) is 1.64. The lowest BCUT2D eigenvalue weighted by atomic mass is 10.2. The topological polar surface area (TPSA) is 44.1 Å². The van der Waals surface area contributed by atoms with E-state index in [0.29, 0.717) is 12.2 Å². The number of hydrogen-bond donors (Lipinski definition) is 0. The first-order valence-electron chi connectivity index (χ1n) is 5.82. The molecule has 0 spiro atoms. The third-order valence-corrected chi connectivity index (χ3v) is 2.52. The maximum absolute atomic E-state index is 10.8. The van der Waals surface area contributed by atoms with E-state index >= 15 is 0 Å².